The fourth-order valence-electron chi connectivity index (χ4n) is 4.11. The van der Waals surface area contributed by atoms with Gasteiger partial charge >= 0.3 is 18.2 Å². The van der Waals surface area contributed by atoms with Gasteiger partial charge in [-0.05, 0) is 53.1 Å². The van der Waals surface area contributed by atoms with E-state index in [2.05, 4.69) is 25.7 Å². The molecule has 2 heterocycles. The van der Waals surface area contributed by atoms with Crippen LogP contribution in [0.15, 0.2) is 21.9 Å². The molecule has 2 N–H and O–H groups in total. The highest BCUT2D eigenvalue weighted by Gasteiger charge is 2.49. The van der Waals surface area contributed by atoms with Gasteiger partial charge in [-0.2, -0.15) is 0 Å². The Morgan fingerprint density at radius 2 is 1.95 bits per heavy atom. The number of hydrogen-bond acceptors (Lipinski definition) is 12. The van der Waals surface area contributed by atoms with Crippen LogP contribution >= 0.6 is 0 Å². The number of nitrogens with zero attached hydrogens (tertiary/aromatic N) is 4. The van der Waals surface area contributed by atoms with Crippen molar-refractivity contribution in [1.82, 2.24) is 10.6 Å². The molecule has 5 atom stereocenters. The number of methoxy groups -OCH3 is 1. The molecule has 2 aliphatic heterocycles. The van der Waals surface area contributed by atoms with Crippen molar-refractivity contribution in [2.75, 3.05) is 40.0 Å². The van der Waals surface area contributed by atoms with Crippen LogP contribution < -0.4 is 10.6 Å². The average molecular weight is 599 g/mol. The van der Waals surface area contributed by atoms with Crippen molar-refractivity contribution in [1.29, 1.82) is 0 Å². The smallest absolute Gasteiger partial charge is 0.413 e. The zero-order chi connectivity index (χ0) is 31.5. The highest BCUT2D eigenvalue weighted by molar-refractivity contribution is 5.94. The Morgan fingerprint density at radius 1 is 1.24 bits per heavy atom. The summed E-state index contributed by atoms with van der Waals surface area (Å²) in [7, 11) is 1.21. The zero-order valence-electron chi connectivity index (χ0n) is 25.4. The number of hydrogen-bond donors (Lipinski definition) is 2. The number of aliphatic imine (C=N–C) groups is 1. The third-order valence-electron chi connectivity index (χ3n) is 5.93. The molecule has 0 aromatic heterocycles. The number of carbonyl (C=O) groups excluding carboxylic acids is 3. The monoisotopic (exact) mass is 598 g/mol. The Labute approximate surface area is 245 Å². The number of esters is 1. The van der Waals surface area contributed by atoms with Crippen molar-refractivity contribution in [3.63, 3.8) is 0 Å². The van der Waals surface area contributed by atoms with Gasteiger partial charge in [0.1, 0.15) is 23.6 Å². The lowest BCUT2D eigenvalue weighted by atomic mass is 9.87. The minimum Gasteiger partial charge on any atom is -0.479 e. The second-order valence-corrected chi connectivity index (χ2v) is 11.0. The second kappa shape index (κ2) is 15.6. The zero-order valence-corrected chi connectivity index (χ0v) is 25.4. The molecule has 0 bridgehead atoms. The van der Waals surface area contributed by atoms with Crippen LogP contribution in [0.25, 0.3) is 10.4 Å². The van der Waals surface area contributed by atoms with Gasteiger partial charge in [0, 0.05) is 23.9 Å². The average Bonchev–Trinajstić information content (AvgIpc) is 3.25. The maximum absolute atomic E-state index is 12.8. The second-order valence-electron chi connectivity index (χ2n) is 11.0. The van der Waals surface area contributed by atoms with Crippen molar-refractivity contribution in [3.05, 3.63) is 22.3 Å². The summed E-state index contributed by atoms with van der Waals surface area (Å²) in [5.41, 5.74) is 7.60. The molecule has 0 saturated carbocycles. The predicted octanol–water partition coefficient (Wildman–Crippen LogP) is 2.96. The van der Waals surface area contributed by atoms with E-state index in [9.17, 15) is 14.4 Å². The van der Waals surface area contributed by atoms with E-state index in [1.54, 1.807) is 48.5 Å². The first-order valence-electron chi connectivity index (χ1n) is 13.5. The Balaban J connectivity index is 2.26. The molecule has 2 amide bonds. The largest absolute Gasteiger partial charge is 0.479 e. The Bertz CT molecular complexity index is 1070. The summed E-state index contributed by atoms with van der Waals surface area (Å²) in [6, 6.07) is -0.693. The van der Waals surface area contributed by atoms with Gasteiger partial charge in [0.05, 0.1) is 33.0 Å². The fraction of sp³-hybridized carbons (Fsp3) is 0.769. The first-order valence-corrected chi connectivity index (χ1v) is 13.5. The molecule has 0 aromatic carbocycles. The van der Waals surface area contributed by atoms with E-state index >= 15 is 0 Å². The van der Waals surface area contributed by atoms with Crippen LogP contribution in [-0.4, -0.2) is 99.8 Å². The number of alkyl carbamates (subject to hydrolysis) is 2. The summed E-state index contributed by atoms with van der Waals surface area (Å²) in [6.07, 6.45) is -2.71. The molecule has 16 nitrogen and oxygen atoms in total. The predicted molar refractivity (Wildman–Crippen MR) is 148 cm³/mol. The molecule has 2 rings (SSSR count). The van der Waals surface area contributed by atoms with Crippen molar-refractivity contribution >= 4 is 24.0 Å². The van der Waals surface area contributed by atoms with Crippen molar-refractivity contribution in [2.45, 2.75) is 84.2 Å². The van der Waals surface area contributed by atoms with E-state index in [-0.39, 0.29) is 44.5 Å². The Morgan fingerprint density at radius 3 is 2.55 bits per heavy atom. The van der Waals surface area contributed by atoms with Gasteiger partial charge in [0.25, 0.3) is 0 Å². The lowest BCUT2D eigenvalue weighted by Crippen LogP contribution is -2.52. The minimum absolute atomic E-state index is 0.0878. The summed E-state index contributed by atoms with van der Waals surface area (Å²) < 4.78 is 39.0. The number of rotatable bonds is 11. The Hall–Kier alpha value is -3.59. The molecule has 1 fully saturated rings. The van der Waals surface area contributed by atoms with Crippen LogP contribution in [0.2, 0.25) is 0 Å². The molecule has 0 aliphatic carbocycles. The molecule has 0 radical (unpaired) electrons. The van der Waals surface area contributed by atoms with E-state index in [1.807, 2.05) is 0 Å². The lowest BCUT2D eigenvalue weighted by Gasteiger charge is -2.39. The molecule has 16 heteroatoms. The standard InChI is InChI=1S/C26H42N6O10/c1-15-17(30-16(2)31-24(35)42-25(3,4)5)13-18(22(33)36-8)39-20(15)21(19-14-38-26(6,7)41-19)40-23(34)28-9-11-37-12-10-29-32-27/h13,15,17,19-21H,9-12,14H2,1-8H3,(H,28,34)(H,30,31,35)/t15-,17+,19-,20-,21-/m1/s1. The summed E-state index contributed by atoms with van der Waals surface area (Å²) >= 11 is 0. The molecular formula is C26H42N6O10. The van der Waals surface area contributed by atoms with Crippen LogP contribution in [0.5, 0.6) is 0 Å². The summed E-state index contributed by atoms with van der Waals surface area (Å²) in [5, 5.41) is 8.54. The lowest BCUT2D eigenvalue weighted by molar-refractivity contribution is -0.171. The van der Waals surface area contributed by atoms with Crippen LogP contribution in [0, 0.1) is 5.92 Å². The summed E-state index contributed by atoms with van der Waals surface area (Å²) in [4.78, 5) is 44.9. The highest BCUT2D eigenvalue weighted by Crippen LogP contribution is 2.35. The SMILES string of the molecule is COC(=O)C1=C[C@H](N=C(C)NC(=O)OC(C)(C)C)[C@@H](C)[C@H]([C@H](OC(=O)NCCOCCN=[N+]=[N-])[C@H]2COC(C)(C)O2)O1. The number of ether oxygens (including phenoxy) is 7. The number of azide groups is 1. The van der Waals surface area contributed by atoms with Gasteiger partial charge in [-0.25, -0.2) is 14.4 Å². The van der Waals surface area contributed by atoms with E-state index in [0.29, 0.717) is 0 Å². The maximum Gasteiger partial charge on any atom is 0.413 e. The first kappa shape index (κ1) is 34.6. The molecular weight excluding hydrogens is 556 g/mol. The molecule has 0 unspecified atom stereocenters. The first-order chi connectivity index (χ1) is 19.7. The third-order valence-corrected chi connectivity index (χ3v) is 5.93. The van der Waals surface area contributed by atoms with E-state index < -0.39 is 59.8 Å². The van der Waals surface area contributed by atoms with Gasteiger partial charge in [-0.3, -0.25) is 10.3 Å². The summed E-state index contributed by atoms with van der Waals surface area (Å²) in [5.74, 6) is -2.09. The summed E-state index contributed by atoms with van der Waals surface area (Å²) in [6.45, 7) is 12.8. The highest BCUT2D eigenvalue weighted by atomic mass is 16.8. The number of amides is 2. The molecule has 236 valence electrons. The van der Waals surface area contributed by atoms with Crippen LogP contribution in [0.1, 0.15) is 48.5 Å². The fourth-order valence-corrected chi connectivity index (χ4v) is 4.11. The van der Waals surface area contributed by atoms with Crippen molar-refractivity contribution in [2.24, 2.45) is 16.0 Å². The van der Waals surface area contributed by atoms with Crippen LogP contribution in [-0.2, 0) is 38.0 Å². The van der Waals surface area contributed by atoms with Gasteiger partial charge in [-0.1, -0.05) is 12.0 Å². The quantitative estimate of drug-likeness (QED) is 0.0520. The molecule has 2 aliphatic rings. The number of carbonyl (C=O) groups is 3. The van der Waals surface area contributed by atoms with E-state index in [0.717, 1.165) is 0 Å². The van der Waals surface area contributed by atoms with Crippen LogP contribution in [0.4, 0.5) is 9.59 Å². The third kappa shape index (κ3) is 11.4. The molecule has 0 aromatic rings. The minimum atomic E-state index is -1.04. The van der Waals surface area contributed by atoms with Crippen molar-refractivity contribution in [3.8, 4) is 0 Å². The van der Waals surface area contributed by atoms with Gasteiger partial charge in [0.15, 0.2) is 11.9 Å². The normalized spacial score (nSPS) is 24.3. The maximum atomic E-state index is 12.8. The van der Waals surface area contributed by atoms with Gasteiger partial charge in [-0.15, -0.1) is 0 Å². The molecule has 1 saturated heterocycles. The molecule has 0 spiro atoms. The number of amidine groups is 1. The molecule has 42 heavy (non-hydrogen) atoms. The van der Waals surface area contributed by atoms with Crippen molar-refractivity contribution < 1.29 is 47.5 Å². The van der Waals surface area contributed by atoms with Gasteiger partial charge in [0.2, 0.25) is 5.76 Å². The van der Waals surface area contributed by atoms with E-state index in [4.69, 9.17) is 38.7 Å². The topological polar surface area (TPSA) is 201 Å². The van der Waals surface area contributed by atoms with Crippen LogP contribution in [0.3, 0.4) is 0 Å². The van der Waals surface area contributed by atoms with E-state index in [1.165, 1.54) is 13.2 Å². The number of nitrogens with one attached hydrogen (secondary N) is 2. The Kier molecular flexibility index (Phi) is 12.8. The van der Waals surface area contributed by atoms with Gasteiger partial charge < -0.3 is 38.5 Å².